The number of carbonyl (C=O) groups excluding carboxylic acids is 2. The number of thioether (sulfide) groups is 1. The van der Waals surface area contributed by atoms with Crippen LogP contribution in [0.5, 0.6) is 0 Å². The first-order valence-corrected chi connectivity index (χ1v) is 9.59. The fraction of sp³-hybridized carbons (Fsp3) is 0.333. The molecule has 2 rings (SSSR count). The fourth-order valence-electron chi connectivity index (χ4n) is 2.21. The van der Waals surface area contributed by atoms with E-state index in [1.54, 1.807) is 23.9 Å². The van der Waals surface area contributed by atoms with Gasteiger partial charge in [-0.2, -0.15) is 0 Å². The second-order valence-electron chi connectivity index (χ2n) is 5.43. The van der Waals surface area contributed by atoms with E-state index >= 15 is 0 Å². The standard InChI is InChI=1S/C18H20FNO3S2/c1-11-12(2)25-17(16(11)18(22)23-3)20-15(21)5-4-10-24-14-8-6-13(19)7-9-14/h6-9H,4-5,10H2,1-3H3,(H,20,21). The average molecular weight is 381 g/mol. The zero-order chi connectivity index (χ0) is 18.4. The lowest BCUT2D eigenvalue weighted by atomic mass is 10.1. The summed E-state index contributed by atoms with van der Waals surface area (Å²) in [6, 6.07) is 6.29. The smallest absolute Gasteiger partial charge is 0.341 e. The van der Waals surface area contributed by atoms with Gasteiger partial charge in [0.25, 0.3) is 0 Å². The van der Waals surface area contributed by atoms with Gasteiger partial charge in [0.05, 0.1) is 12.7 Å². The molecule has 7 heteroatoms. The number of ether oxygens (including phenoxy) is 1. The highest BCUT2D eigenvalue weighted by atomic mass is 32.2. The Labute approximate surface area is 154 Å². The number of halogens is 1. The summed E-state index contributed by atoms with van der Waals surface area (Å²) in [6.45, 7) is 3.74. The molecule has 0 aliphatic rings. The first-order valence-electron chi connectivity index (χ1n) is 7.79. The van der Waals surface area contributed by atoms with E-state index in [1.807, 2.05) is 13.8 Å². The molecule has 0 saturated heterocycles. The van der Waals surface area contributed by atoms with Gasteiger partial charge in [-0.25, -0.2) is 9.18 Å². The second-order valence-corrected chi connectivity index (χ2v) is 7.83. The van der Waals surface area contributed by atoms with Crippen LogP contribution in [0.4, 0.5) is 9.39 Å². The van der Waals surface area contributed by atoms with Crippen molar-refractivity contribution in [1.29, 1.82) is 0 Å². The molecule has 1 N–H and O–H groups in total. The Morgan fingerprint density at radius 1 is 1.24 bits per heavy atom. The number of esters is 1. The number of nitrogens with one attached hydrogen (secondary N) is 1. The Morgan fingerprint density at radius 2 is 1.92 bits per heavy atom. The van der Waals surface area contributed by atoms with Gasteiger partial charge in [-0.3, -0.25) is 4.79 Å². The molecule has 0 atom stereocenters. The lowest BCUT2D eigenvalue weighted by Crippen LogP contribution is -2.14. The van der Waals surface area contributed by atoms with Crippen LogP contribution in [0.2, 0.25) is 0 Å². The normalized spacial score (nSPS) is 10.6. The molecule has 4 nitrogen and oxygen atoms in total. The van der Waals surface area contributed by atoms with E-state index in [1.165, 1.54) is 30.6 Å². The van der Waals surface area contributed by atoms with Crippen molar-refractivity contribution >= 4 is 40.0 Å². The van der Waals surface area contributed by atoms with Crippen molar-refractivity contribution in [1.82, 2.24) is 0 Å². The van der Waals surface area contributed by atoms with Crippen LogP contribution < -0.4 is 5.32 Å². The molecule has 0 radical (unpaired) electrons. The summed E-state index contributed by atoms with van der Waals surface area (Å²) in [7, 11) is 1.33. The van der Waals surface area contributed by atoms with Crippen LogP contribution in [0.3, 0.4) is 0 Å². The van der Waals surface area contributed by atoms with Crippen molar-refractivity contribution in [2.24, 2.45) is 0 Å². The van der Waals surface area contributed by atoms with Crippen molar-refractivity contribution < 1.29 is 18.7 Å². The van der Waals surface area contributed by atoms with Gasteiger partial charge in [0.1, 0.15) is 10.8 Å². The summed E-state index contributed by atoms with van der Waals surface area (Å²) < 4.78 is 17.6. The highest BCUT2D eigenvalue weighted by Gasteiger charge is 2.21. The second kappa shape index (κ2) is 9.01. The molecule has 25 heavy (non-hydrogen) atoms. The maximum Gasteiger partial charge on any atom is 0.341 e. The number of thiophene rings is 1. The Bertz CT molecular complexity index is 756. The minimum atomic E-state index is -0.441. The number of methoxy groups -OCH3 is 1. The lowest BCUT2D eigenvalue weighted by Gasteiger charge is -2.06. The van der Waals surface area contributed by atoms with Crippen LogP contribution >= 0.6 is 23.1 Å². The molecule has 0 aliphatic heterocycles. The Kier molecular flexibility index (Phi) is 7.01. The van der Waals surface area contributed by atoms with Crippen LogP contribution in [0.15, 0.2) is 29.2 Å². The number of carbonyl (C=O) groups is 2. The predicted molar refractivity (Wildman–Crippen MR) is 100 cm³/mol. The minimum absolute atomic E-state index is 0.133. The molecule has 1 aromatic heterocycles. The van der Waals surface area contributed by atoms with E-state index in [0.29, 0.717) is 23.4 Å². The van der Waals surface area contributed by atoms with Gasteiger partial charge in [-0.1, -0.05) is 0 Å². The Morgan fingerprint density at radius 3 is 2.56 bits per heavy atom. The maximum atomic E-state index is 12.8. The lowest BCUT2D eigenvalue weighted by molar-refractivity contribution is -0.116. The number of hydrogen-bond acceptors (Lipinski definition) is 5. The third-order valence-corrected chi connectivity index (χ3v) is 5.88. The molecule has 1 heterocycles. The Hall–Kier alpha value is -1.86. The molecule has 0 saturated carbocycles. The molecule has 134 valence electrons. The molecule has 0 fully saturated rings. The highest BCUT2D eigenvalue weighted by molar-refractivity contribution is 7.99. The first-order chi connectivity index (χ1) is 11.9. The van der Waals surface area contributed by atoms with Gasteiger partial charge < -0.3 is 10.1 Å². The number of aryl methyl sites for hydroxylation is 1. The van der Waals surface area contributed by atoms with Crippen LogP contribution in [-0.2, 0) is 9.53 Å². The molecular formula is C18H20FNO3S2. The summed E-state index contributed by atoms with van der Waals surface area (Å²) in [5, 5.41) is 3.35. The van der Waals surface area contributed by atoms with Gasteiger partial charge in [-0.15, -0.1) is 23.1 Å². The van der Waals surface area contributed by atoms with E-state index in [0.717, 1.165) is 21.1 Å². The highest BCUT2D eigenvalue weighted by Crippen LogP contribution is 2.33. The van der Waals surface area contributed by atoms with Crippen LogP contribution in [-0.4, -0.2) is 24.7 Å². The van der Waals surface area contributed by atoms with Gasteiger partial charge in [-0.05, 0) is 55.9 Å². The molecule has 0 bridgehead atoms. The zero-order valence-electron chi connectivity index (χ0n) is 14.3. The number of benzene rings is 1. The first kappa shape index (κ1) is 19.5. The van der Waals surface area contributed by atoms with Crippen LogP contribution in [0.1, 0.15) is 33.6 Å². The predicted octanol–water partition coefficient (Wildman–Crippen LogP) is 4.80. The molecule has 1 amide bonds. The van der Waals surface area contributed by atoms with Crippen molar-refractivity contribution in [2.45, 2.75) is 31.6 Å². The molecule has 0 unspecified atom stereocenters. The quantitative estimate of drug-likeness (QED) is 0.425. The summed E-state index contributed by atoms with van der Waals surface area (Å²) in [6.07, 6.45) is 1.04. The van der Waals surface area contributed by atoms with Crippen LogP contribution in [0.25, 0.3) is 0 Å². The average Bonchev–Trinajstić information content (AvgIpc) is 2.86. The Balaban J connectivity index is 1.85. The molecular weight excluding hydrogens is 361 g/mol. The third-order valence-electron chi connectivity index (χ3n) is 3.66. The van der Waals surface area contributed by atoms with Crippen molar-refractivity contribution in [3.63, 3.8) is 0 Å². The largest absolute Gasteiger partial charge is 0.465 e. The van der Waals surface area contributed by atoms with E-state index in [4.69, 9.17) is 4.74 Å². The van der Waals surface area contributed by atoms with Crippen molar-refractivity contribution in [3.05, 3.63) is 46.1 Å². The van der Waals surface area contributed by atoms with Gasteiger partial charge in [0.2, 0.25) is 5.91 Å². The van der Waals surface area contributed by atoms with E-state index in [9.17, 15) is 14.0 Å². The van der Waals surface area contributed by atoms with Crippen LogP contribution in [0, 0.1) is 19.7 Å². The summed E-state index contributed by atoms with van der Waals surface area (Å²) in [5.41, 5.74) is 1.26. The minimum Gasteiger partial charge on any atom is -0.465 e. The molecule has 1 aromatic carbocycles. The SMILES string of the molecule is COC(=O)c1c(NC(=O)CCCSc2ccc(F)cc2)sc(C)c1C. The monoisotopic (exact) mass is 381 g/mol. The van der Waals surface area contributed by atoms with Crippen molar-refractivity contribution in [2.75, 3.05) is 18.2 Å². The summed E-state index contributed by atoms with van der Waals surface area (Å²) in [5.74, 6) is -0.0763. The van der Waals surface area contributed by atoms with Gasteiger partial charge >= 0.3 is 5.97 Å². The fourth-order valence-corrected chi connectivity index (χ4v) is 4.12. The number of anilines is 1. The zero-order valence-corrected chi connectivity index (χ0v) is 16.0. The number of hydrogen-bond donors (Lipinski definition) is 1. The van der Waals surface area contributed by atoms with Gasteiger partial charge in [0, 0.05) is 16.2 Å². The van der Waals surface area contributed by atoms with Gasteiger partial charge in [0.15, 0.2) is 0 Å². The van der Waals surface area contributed by atoms with E-state index in [-0.39, 0.29) is 11.7 Å². The summed E-state index contributed by atoms with van der Waals surface area (Å²) >= 11 is 2.95. The van der Waals surface area contributed by atoms with E-state index < -0.39 is 5.97 Å². The summed E-state index contributed by atoms with van der Waals surface area (Å²) in [4.78, 5) is 26.0. The van der Waals surface area contributed by atoms with Crippen molar-refractivity contribution in [3.8, 4) is 0 Å². The van der Waals surface area contributed by atoms with E-state index in [2.05, 4.69) is 5.32 Å². The topological polar surface area (TPSA) is 55.4 Å². The number of rotatable bonds is 7. The molecule has 0 spiro atoms. The molecule has 0 aliphatic carbocycles. The maximum absolute atomic E-state index is 12.8. The molecule has 2 aromatic rings. The number of amides is 1. The third kappa shape index (κ3) is 5.31.